The normalized spacial score (nSPS) is 13.8. The number of halogens is 3. The second-order valence-corrected chi connectivity index (χ2v) is 5.57. The van der Waals surface area contributed by atoms with Crippen LogP contribution in [0.5, 0.6) is 5.75 Å². The van der Waals surface area contributed by atoms with Crippen LogP contribution in [0, 0.1) is 17.2 Å². The van der Waals surface area contributed by atoms with Gasteiger partial charge in [-0.1, -0.05) is 12.1 Å². The molecule has 0 radical (unpaired) electrons. The molecule has 0 spiro atoms. The van der Waals surface area contributed by atoms with Gasteiger partial charge in [0.05, 0.1) is 0 Å². The summed E-state index contributed by atoms with van der Waals surface area (Å²) < 4.78 is 40.4. The lowest BCUT2D eigenvalue weighted by Crippen LogP contribution is -2.16. The Kier molecular flexibility index (Phi) is 4.31. The molecule has 2 aromatic rings. The molecule has 1 aromatic heterocycles. The first-order chi connectivity index (χ1) is 11.8. The second-order valence-electron chi connectivity index (χ2n) is 5.57. The Morgan fingerprint density at radius 3 is 2.44 bits per heavy atom. The monoisotopic (exact) mass is 347 g/mol. The number of carbonyl (C=O) groups excluding carboxylic acids is 1. The van der Waals surface area contributed by atoms with Crippen LogP contribution in [0.15, 0.2) is 36.4 Å². The average molecular weight is 347 g/mol. The maximum atomic E-state index is 12.2. The van der Waals surface area contributed by atoms with Gasteiger partial charge < -0.3 is 10.1 Å². The van der Waals surface area contributed by atoms with Gasteiger partial charge >= 0.3 is 6.36 Å². The van der Waals surface area contributed by atoms with Crippen molar-refractivity contribution in [1.82, 2.24) is 4.98 Å². The topological polar surface area (TPSA) is 75.0 Å². The quantitative estimate of drug-likeness (QED) is 0.911. The van der Waals surface area contributed by atoms with Crippen molar-refractivity contribution in [2.24, 2.45) is 5.92 Å². The van der Waals surface area contributed by atoms with Crippen LogP contribution in [0.2, 0.25) is 0 Å². The summed E-state index contributed by atoms with van der Waals surface area (Å²) in [6.45, 7) is 0. The highest BCUT2D eigenvalue weighted by Gasteiger charge is 2.31. The molecule has 5 nitrogen and oxygen atoms in total. The van der Waals surface area contributed by atoms with Gasteiger partial charge in [0.2, 0.25) is 5.91 Å². The third-order valence-electron chi connectivity index (χ3n) is 3.56. The molecule has 1 aromatic carbocycles. The highest BCUT2D eigenvalue weighted by molar-refractivity contribution is 5.93. The van der Waals surface area contributed by atoms with Gasteiger partial charge in [-0.3, -0.25) is 4.79 Å². The van der Waals surface area contributed by atoms with Gasteiger partial charge in [0.15, 0.2) is 0 Å². The molecule has 1 aliphatic rings. The van der Waals surface area contributed by atoms with E-state index in [1.54, 1.807) is 6.07 Å². The fourth-order valence-electron chi connectivity index (χ4n) is 2.24. The molecule has 0 aliphatic heterocycles. The Morgan fingerprint density at radius 2 is 1.88 bits per heavy atom. The Balaban J connectivity index is 1.85. The molecular formula is C17H12F3N3O2. The van der Waals surface area contributed by atoms with Gasteiger partial charge in [-0.2, -0.15) is 5.26 Å². The van der Waals surface area contributed by atoms with Crippen molar-refractivity contribution < 1.29 is 22.7 Å². The molecule has 1 aliphatic carbocycles. The lowest BCUT2D eigenvalue weighted by molar-refractivity contribution is -0.274. The van der Waals surface area contributed by atoms with Gasteiger partial charge in [0.1, 0.15) is 23.3 Å². The third kappa shape index (κ3) is 4.47. The van der Waals surface area contributed by atoms with E-state index in [9.17, 15) is 18.0 Å². The van der Waals surface area contributed by atoms with E-state index in [-0.39, 0.29) is 29.1 Å². The lowest BCUT2D eigenvalue weighted by atomic mass is 10.1. The van der Waals surface area contributed by atoms with Crippen molar-refractivity contribution in [3.8, 4) is 22.9 Å². The van der Waals surface area contributed by atoms with Crippen LogP contribution >= 0.6 is 0 Å². The molecule has 1 fully saturated rings. The first kappa shape index (κ1) is 16.8. The number of hydrogen-bond donors (Lipinski definition) is 1. The smallest absolute Gasteiger partial charge is 0.406 e. The summed E-state index contributed by atoms with van der Waals surface area (Å²) in [6.07, 6.45) is -3.10. The number of amides is 1. The minimum absolute atomic E-state index is 0.0187. The van der Waals surface area contributed by atoms with Gasteiger partial charge in [-0.15, -0.1) is 13.2 Å². The maximum Gasteiger partial charge on any atom is 0.573 e. The number of nitrogens with zero attached hydrogens (tertiary/aromatic N) is 2. The highest BCUT2D eigenvalue weighted by Crippen LogP contribution is 2.31. The average Bonchev–Trinajstić information content (AvgIpc) is 3.38. The molecule has 8 heteroatoms. The van der Waals surface area contributed by atoms with E-state index in [4.69, 9.17) is 5.26 Å². The first-order valence-corrected chi connectivity index (χ1v) is 7.43. The summed E-state index contributed by atoms with van der Waals surface area (Å²) in [6, 6.07) is 10.2. The second kappa shape index (κ2) is 6.43. The van der Waals surface area contributed by atoms with Crippen molar-refractivity contribution in [1.29, 1.82) is 5.26 Å². The third-order valence-corrected chi connectivity index (χ3v) is 3.56. The standard InChI is InChI=1S/C17H12F3N3O2/c18-17(19,20)25-14-5-3-10(4-6-14)12-7-13(9-21)22-15(8-12)23-16(24)11-1-2-11/h3-8,11H,1-2H2,(H,22,23,24). The summed E-state index contributed by atoms with van der Waals surface area (Å²) >= 11 is 0. The highest BCUT2D eigenvalue weighted by atomic mass is 19.4. The zero-order valence-electron chi connectivity index (χ0n) is 12.8. The minimum Gasteiger partial charge on any atom is -0.406 e. The number of nitrogens with one attached hydrogen (secondary N) is 1. The number of carbonyl (C=O) groups is 1. The zero-order valence-corrected chi connectivity index (χ0v) is 12.8. The van der Waals surface area contributed by atoms with Crippen LogP contribution < -0.4 is 10.1 Å². The van der Waals surface area contributed by atoms with Crippen LogP contribution in [-0.2, 0) is 4.79 Å². The molecule has 0 atom stereocenters. The number of benzene rings is 1. The maximum absolute atomic E-state index is 12.2. The summed E-state index contributed by atoms with van der Waals surface area (Å²) in [5.74, 6) is -0.271. The number of aromatic nitrogens is 1. The molecule has 128 valence electrons. The van der Waals surface area contributed by atoms with E-state index < -0.39 is 6.36 Å². The number of pyridine rings is 1. The molecule has 1 saturated carbocycles. The van der Waals surface area contributed by atoms with Gasteiger partial charge in [-0.25, -0.2) is 4.98 Å². The van der Waals surface area contributed by atoms with Crippen LogP contribution in [0.3, 0.4) is 0 Å². The summed E-state index contributed by atoms with van der Waals surface area (Å²) in [4.78, 5) is 15.9. The van der Waals surface area contributed by atoms with Crippen LogP contribution in [0.4, 0.5) is 19.0 Å². The molecule has 3 rings (SSSR count). The van der Waals surface area contributed by atoms with Crippen molar-refractivity contribution in [3.63, 3.8) is 0 Å². The minimum atomic E-state index is -4.76. The summed E-state index contributed by atoms with van der Waals surface area (Å²) in [5, 5.41) is 11.7. The van der Waals surface area contributed by atoms with Gasteiger partial charge in [-0.05, 0) is 48.2 Å². The lowest BCUT2D eigenvalue weighted by Gasteiger charge is -2.10. The number of nitriles is 1. The SMILES string of the molecule is N#Cc1cc(-c2ccc(OC(F)(F)F)cc2)cc(NC(=O)C2CC2)n1. The Labute approximate surface area is 141 Å². The van der Waals surface area contributed by atoms with E-state index >= 15 is 0 Å². The van der Waals surface area contributed by atoms with E-state index in [0.717, 1.165) is 12.8 Å². The Morgan fingerprint density at radius 1 is 1.20 bits per heavy atom. The van der Waals surface area contributed by atoms with Crippen molar-refractivity contribution >= 4 is 11.7 Å². The van der Waals surface area contributed by atoms with E-state index in [1.807, 2.05) is 6.07 Å². The van der Waals surface area contributed by atoms with Crippen LogP contribution in [0.25, 0.3) is 11.1 Å². The first-order valence-electron chi connectivity index (χ1n) is 7.43. The molecule has 25 heavy (non-hydrogen) atoms. The van der Waals surface area contributed by atoms with Crippen LogP contribution in [-0.4, -0.2) is 17.3 Å². The van der Waals surface area contributed by atoms with Crippen molar-refractivity contribution in [2.45, 2.75) is 19.2 Å². The van der Waals surface area contributed by atoms with Gasteiger partial charge in [0.25, 0.3) is 0 Å². The number of hydrogen-bond acceptors (Lipinski definition) is 4. The van der Waals surface area contributed by atoms with E-state index in [1.165, 1.54) is 30.3 Å². The van der Waals surface area contributed by atoms with E-state index in [2.05, 4.69) is 15.0 Å². The molecule has 1 amide bonds. The molecular weight excluding hydrogens is 335 g/mol. The summed E-state index contributed by atoms with van der Waals surface area (Å²) in [7, 11) is 0. The zero-order chi connectivity index (χ0) is 18.0. The van der Waals surface area contributed by atoms with Crippen LogP contribution in [0.1, 0.15) is 18.5 Å². The molecule has 1 N–H and O–H groups in total. The van der Waals surface area contributed by atoms with Gasteiger partial charge in [0, 0.05) is 5.92 Å². The molecule has 1 heterocycles. The molecule has 0 saturated heterocycles. The Hall–Kier alpha value is -3.08. The largest absolute Gasteiger partial charge is 0.573 e. The van der Waals surface area contributed by atoms with E-state index in [0.29, 0.717) is 11.1 Å². The number of anilines is 1. The fraction of sp³-hybridized carbons (Fsp3) is 0.235. The molecule has 0 unspecified atom stereocenters. The fourth-order valence-corrected chi connectivity index (χ4v) is 2.24. The van der Waals surface area contributed by atoms with Crippen molar-refractivity contribution in [3.05, 3.63) is 42.1 Å². The molecule has 0 bridgehead atoms. The predicted molar refractivity (Wildman–Crippen MR) is 82.4 cm³/mol. The van der Waals surface area contributed by atoms with Crippen molar-refractivity contribution in [2.75, 3.05) is 5.32 Å². The number of ether oxygens (including phenoxy) is 1. The number of alkyl halides is 3. The summed E-state index contributed by atoms with van der Waals surface area (Å²) in [5.41, 5.74) is 1.21. The Bertz CT molecular complexity index is 838. The number of rotatable bonds is 4. The predicted octanol–water partition coefficient (Wildman–Crippen LogP) is 3.87.